The maximum Gasteiger partial charge on any atom is 0.250 e. The second-order valence-electron chi connectivity index (χ2n) is 5.63. The Kier molecular flexibility index (Phi) is 6.78. The standard InChI is InChI=1S/C19H17ClFN5OS/c1-2-26-18(13-7-4-3-5-8-13)24-25-19(26)28-12-17(27)23-22-11-14-15(20)9-6-10-16(14)21/h3-11H,2,12H2,1H3,(H,23,27). The fourth-order valence-electron chi connectivity index (χ4n) is 2.45. The number of thioether (sulfide) groups is 1. The van der Waals surface area contributed by atoms with E-state index in [9.17, 15) is 9.18 Å². The molecule has 0 aliphatic heterocycles. The number of hydrogen-bond acceptors (Lipinski definition) is 5. The van der Waals surface area contributed by atoms with Crippen LogP contribution in [0.4, 0.5) is 4.39 Å². The second kappa shape index (κ2) is 9.48. The molecule has 1 aromatic heterocycles. The number of benzene rings is 2. The van der Waals surface area contributed by atoms with Crippen molar-refractivity contribution in [3.63, 3.8) is 0 Å². The van der Waals surface area contributed by atoms with Crippen molar-refractivity contribution in [3.05, 3.63) is 64.9 Å². The van der Waals surface area contributed by atoms with Crippen LogP contribution in [0, 0.1) is 5.82 Å². The maximum atomic E-state index is 13.7. The number of hydrazone groups is 1. The van der Waals surface area contributed by atoms with Gasteiger partial charge >= 0.3 is 0 Å². The number of carbonyl (C=O) groups excluding carboxylic acids is 1. The van der Waals surface area contributed by atoms with E-state index < -0.39 is 5.82 Å². The minimum Gasteiger partial charge on any atom is -0.302 e. The molecule has 0 saturated heterocycles. The third-order valence-electron chi connectivity index (χ3n) is 3.78. The van der Waals surface area contributed by atoms with Crippen molar-refractivity contribution in [2.24, 2.45) is 5.10 Å². The predicted molar refractivity (Wildman–Crippen MR) is 109 cm³/mol. The van der Waals surface area contributed by atoms with Gasteiger partial charge in [0.1, 0.15) is 5.82 Å². The smallest absolute Gasteiger partial charge is 0.250 e. The molecule has 0 aliphatic rings. The van der Waals surface area contributed by atoms with Crippen LogP contribution in [0.2, 0.25) is 5.02 Å². The van der Waals surface area contributed by atoms with Gasteiger partial charge in [-0.25, -0.2) is 9.82 Å². The zero-order chi connectivity index (χ0) is 19.9. The fourth-order valence-corrected chi connectivity index (χ4v) is 3.45. The molecule has 1 N–H and O–H groups in total. The lowest BCUT2D eigenvalue weighted by atomic mass is 10.2. The van der Waals surface area contributed by atoms with E-state index >= 15 is 0 Å². The van der Waals surface area contributed by atoms with Gasteiger partial charge in [0.15, 0.2) is 11.0 Å². The fraction of sp³-hybridized carbons (Fsp3) is 0.158. The number of nitrogens with zero attached hydrogens (tertiary/aromatic N) is 4. The summed E-state index contributed by atoms with van der Waals surface area (Å²) in [5.74, 6) is -0.0156. The minimum absolute atomic E-state index is 0.0925. The van der Waals surface area contributed by atoms with Crippen LogP contribution < -0.4 is 5.43 Å². The molecule has 0 bridgehead atoms. The Morgan fingerprint density at radius 3 is 2.75 bits per heavy atom. The van der Waals surface area contributed by atoms with E-state index in [0.717, 1.165) is 11.4 Å². The first-order valence-electron chi connectivity index (χ1n) is 8.47. The Hall–Kier alpha value is -2.71. The summed E-state index contributed by atoms with van der Waals surface area (Å²) in [6, 6.07) is 14.0. The van der Waals surface area contributed by atoms with Gasteiger partial charge in [-0.1, -0.05) is 59.8 Å². The summed E-state index contributed by atoms with van der Waals surface area (Å²) < 4.78 is 15.6. The minimum atomic E-state index is -0.510. The van der Waals surface area contributed by atoms with Gasteiger partial charge in [-0.3, -0.25) is 4.79 Å². The summed E-state index contributed by atoms with van der Waals surface area (Å²) in [6.45, 7) is 2.66. The highest BCUT2D eigenvalue weighted by Crippen LogP contribution is 2.23. The normalized spacial score (nSPS) is 11.1. The van der Waals surface area contributed by atoms with Gasteiger partial charge in [0.05, 0.1) is 17.0 Å². The summed E-state index contributed by atoms with van der Waals surface area (Å²) in [5, 5.41) is 13.0. The monoisotopic (exact) mass is 417 g/mol. The van der Waals surface area contributed by atoms with Crippen molar-refractivity contribution >= 4 is 35.5 Å². The molecule has 28 heavy (non-hydrogen) atoms. The van der Waals surface area contributed by atoms with Crippen LogP contribution in [0.5, 0.6) is 0 Å². The van der Waals surface area contributed by atoms with E-state index in [1.165, 1.54) is 30.1 Å². The van der Waals surface area contributed by atoms with Gasteiger partial charge in [0, 0.05) is 17.7 Å². The van der Waals surface area contributed by atoms with Crippen LogP contribution in [0.3, 0.4) is 0 Å². The highest BCUT2D eigenvalue weighted by atomic mass is 35.5. The van der Waals surface area contributed by atoms with Gasteiger partial charge in [-0.2, -0.15) is 5.10 Å². The highest BCUT2D eigenvalue weighted by Gasteiger charge is 2.14. The lowest BCUT2D eigenvalue weighted by molar-refractivity contribution is -0.118. The molecule has 0 fully saturated rings. The van der Waals surface area contributed by atoms with E-state index in [2.05, 4.69) is 20.7 Å². The van der Waals surface area contributed by atoms with Gasteiger partial charge in [0.25, 0.3) is 5.91 Å². The summed E-state index contributed by atoms with van der Waals surface area (Å²) in [6.07, 6.45) is 1.18. The van der Waals surface area contributed by atoms with Crippen LogP contribution in [0.15, 0.2) is 58.8 Å². The maximum absolute atomic E-state index is 13.7. The Bertz CT molecular complexity index is 973. The van der Waals surface area contributed by atoms with Crippen LogP contribution in [-0.4, -0.2) is 32.6 Å². The summed E-state index contributed by atoms with van der Waals surface area (Å²) in [7, 11) is 0. The predicted octanol–water partition coefficient (Wildman–Crippen LogP) is 4.00. The van der Waals surface area contributed by atoms with Gasteiger partial charge in [-0.05, 0) is 19.1 Å². The van der Waals surface area contributed by atoms with Crippen LogP contribution in [0.1, 0.15) is 12.5 Å². The zero-order valence-electron chi connectivity index (χ0n) is 15.0. The van der Waals surface area contributed by atoms with E-state index in [4.69, 9.17) is 11.6 Å². The van der Waals surface area contributed by atoms with E-state index in [1.54, 1.807) is 6.07 Å². The Labute approximate surface area is 170 Å². The van der Waals surface area contributed by atoms with Crippen LogP contribution >= 0.6 is 23.4 Å². The molecule has 1 heterocycles. The summed E-state index contributed by atoms with van der Waals surface area (Å²) >= 11 is 7.16. The van der Waals surface area contributed by atoms with Gasteiger partial charge in [-0.15, -0.1) is 10.2 Å². The third kappa shape index (κ3) is 4.76. The number of carbonyl (C=O) groups is 1. The van der Waals surface area contributed by atoms with Crippen molar-refractivity contribution in [2.75, 3.05) is 5.75 Å². The molecule has 6 nitrogen and oxygen atoms in total. The molecule has 3 aromatic rings. The molecular weight excluding hydrogens is 401 g/mol. The Morgan fingerprint density at radius 1 is 1.25 bits per heavy atom. The average molecular weight is 418 g/mol. The molecule has 3 rings (SSSR count). The molecule has 0 radical (unpaired) electrons. The molecule has 0 atom stereocenters. The number of aromatic nitrogens is 3. The largest absolute Gasteiger partial charge is 0.302 e. The van der Waals surface area contributed by atoms with Crippen LogP contribution in [-0.2, 0) is 11.3 Å². The molecule has 0 aliphatic carbocycles. The molecule has 2 aromatic carbocycles. The lowest BCUT2D eigenvalue weighted by Crippen LogP contribution is -2.20. The average Bonchev–Trinajstić information content (AvgIpc) is 3.12. The van der Waals surface area contributed by atoms with Gasteiger partial charge < -0.3 is 4.57 Å². The topological polar surface area (TPSA) is 72.2 Å². The Balaban J connectivity index is 1.61. The number of nitrogens with one attached hydrogen (secondary N) is 1. The number of hydrogen-bond donors (Lipinski definition) is 1. The van der Waals surface area contributed by atoms with E-state index in [0.29, 0.717) is 11.7 Å². The Morgan fingerprint density at radius 2 is 2.04 bits per heavy atom. The molecular formula is C19H17ClFN5OS. The summed E-state index contributed by atoms with van der Waals surface area (Å²) in [4.78, 5) is 12.0. The molecule has 9 heteroatoms. The second-order valence-corrected chi connectivity index (χ2v) is 6.98. The van der Waals surface area contributed by atoms with Crippen molar-refractivity contribution < 1.29 is 9.18 Å². The summed E-state index contributed by atoms with van der Waals surface area (Å²) in [5.41, 5.74) is 3.44. The molecule has 144 valence electrons. The molecule has 0 spiro atoms. The molecule has 0 saturated carbocycles. The van der Waals surface area contributed by atoms with Crippen LogP contribution in [0.25, 0.3) is 11.4 Å². The molecule has 0 unspecified atom stereocenters. The first-order valence-corrected chi connectivity index (χ1v) is 9.83. The quantitative estimate of drug-likeness (QED) is 0.358. The number of amides is 1. The number of halogens is 2. The van der Waals surface area contributed by atoms with Crippen molar-refractivity contribution in [1.29, 1.82) is 0 Å². The van der Waals surface area contributed by atoms with Crippen molar-refractivity contribution in [1.82, 2.24) is 20.2 Å². The SMILES string of the molecule is CCn1c(SCC(=O)NN=Cc2c(F)cccc2Cl)nnc1-c1ccccc1. The zero-order valence-corrected chi connectivity index (χ0v) is 16.5. The highest BCUT2D eigenvalue weighted by molar-refractivity contribution is 7.99. The van der Waals surface area contributed by atoms with E-state index in [-0.39, 0.29) is 22.2 Å². The van der Waals surface area contributed by atoms with Gasteiger partial charge in [0.2, 0.25) is 0 Å². The first kappa shape index (κ1) is 20.0. The first-order chi connectivity index (χ1) is 13.6. The van der Waals surface area contributed by atoms with Crippen molar-refractivity contribution in [3.8, 4) is 11.4 Å². The molecule has 1 amide bonds. The van der Waals surface area contributed by atoms with Crippen molar-refractivity contribution in [2.45, 2.75) is 18.6 Å². The number of rotatable bonds is 7. The van der Waals surface area contributed by atoms with E-state index in [1.807, 2.05) is 41.8 Å². The third-order valence-corrected chi connectivity index (χ3v) is 5.08. The lowest BCUT2D eigenvalue weighted by Gasteiger charge is -2.07.